The molecule has 0 heterocycles. The Kier molecular flexibility index (Phi) is 5.14. The first kappa shape index (κ1) is 14.5. The molecule has 0 saturated carbocycles. The van der Waals surface area contributed by atoms with Crippen LogP contribution in [0.15, 0.2) is 30.9 Å². The van der Waals surface area contributed by atoms with Crippen molar-refractivity contribution in [3.05, 3.63) is 48.9 Å². The van der Waals surface area contributed by atoms with Crippen molar-refractivity contribution >= 4 is 5.97 Å². The number of rotatable bonds is 5. The first-order valence-corrected chi connectivity index (χ1v) is 6.20. The number of allylic oxidation sites excluding steroid dienone is 1. The average Bonchev–Trinajstić information content (AvgIpc) is 2.25. The van der Waals surface area contributed by atoms with Gasteiger partial charge >= 0.3 is 5.97 Å². The van der Waals surface area contributed by atoms with Crippen LogP contribution >= 0.6 is 0 Å². The highest BCUT2D eigenvalue weighted by Gasteiger charge is 2.09. The van der Waals surface area contributed by atoms with Crippen LogP contribution in [0.5, 0.6) is 5.75 Å². The maximum absolute atomic E-state index is 11.0. The van der Waals surface area contributed by atoms with Crippen LogP contribution in [0.3, 0.4) is 0 Å². The highest BCUT2D eigenvalue weighted by molar-refractivity contribution is 5.69. The second-order valence-electron chi connectivity index (χ2n) is 4.94. The van der Waals surface area contributed by atoms with Gasteiger partial charge in [-0.25, -0.2) is 0 Å². The van der Waals surface area contributed by atoms with Crippen molar-refractivity contribution in [1.29, 1.82) is 0 Å². The molecular formula is C16H21O2. The molecule has 0 aliphatic rings. The van der Waals surface area contributed by atoms with E-state index in [1.165, 1.54) is 6.92 Å². The molecule has 1 unspecified atom stereocenters. The molecule has 1 rings (SSSR count). The molecule has 1 atom stereocenters. The molecule has 0 aromatic heterocycles. The van der Waals surface area contributed by atoms with E-state index in [4.69, 9.17) is 4.74 Å². The van der Waals surface area contributed by atoms with Gasteiger partial charge in [0.1, 0.15) is 5.75 Å². The van der Waals surface area contributed by atoms with Gasteiger partial charge in [-0.3, -0.25) is 4.79 Å². The average molecular weight is 245 g/mol. The first-order valence-electron chi connectivity index (χ1n) is 6.20. The number of hydrogen-bond donors (Lipinski definition) is 0. The Bertz CT molecular complexity index is 433. The molecule has 0 aliphatic heterocycles. The summed E-state index contributed by atoms with van der Waals surface area (Å²) in [6, 6.07) is 5.87. The Balaban J connectivity index is 3.10. The predicted molar refractivity (Wildman–Crippen MR) is 74.6 cm³/mol. The van der Waals surface area contributed by atoms with E-state index in [0.29, 0.717) is 11.7 Å². The van der Waals surface area contributed by atoms with E-state index in [1.54, 1.807) is 6.08 Å². The molecular weight excluding hydrogens is 224 g/mol. The zero-order chi connectivity index (χ0) is 13.7. The topological polar surface area (TPSA) is 26.3 Å². The Morgan fingerprint density at radius 3 is 2.56 bits per heavy atom. The van der Waals surface area contributed by atoms with Crippen LogP contribution in [0.25, 0.3) is 0 Å². The van der Waals surface area contributed by atoms with Crippen LogP contribution in [-0.4, -0.2) is 5.97 Å². The fourth-order valence-electron chi connectivity index (χ4n) is 1.85. The van der Waals surface area contributed by atoms with Crippen molar-refractivity contribution in [2.75, 3.05) is 0 Å². The van der Waals surface area contributed by atoms with Crippen molar-refractivity contribution in [1.82, 2.24) is 0 Å². The summed E-state index contributed by atoms with van der Waals surface area (Å²) in [4.78, 5) is 11.0. The third-order valence-corrected chi connectivity index (χ3v) is 2.61. The Morgan fingerprint density at radius 1 is 1.39 bits per heavy atom. The molecule has 2 heteroatoms. The standard InChI is InChI=1S/C16H21O2/c1-6-12(4)15-8-14(7-11(2)3)9-16(10-15)18-13(5)17/h6,8-12H,1,4,7H2,2-3,5H3. The number of ether oxygens (including phenoxy) is 1. The van der Waals surface area contributed by atoms with E-state index >= 15 is 0 Å². The van der Waals surface area contributed by atoms with E-state index in [2.05, 4.69) is 33.4 Å². The second-order valence-corrected chi connectivity index (χ2v) is 4.94. The van der Waals surface area contributed by atoms with Gasteiger partial charge in [0.25, 0.3) is 0 Å². The number of benzene rings is 1. The first-order chi connectivity index (χ1) is 8.42. The molecule has 0 bridgehead atoms. The lowest BCUT2D eigenvalue weighted by molar-refractivity contribution is -0.131. The molecule has 1 aromatic rings. The van der Waals surface area contributed by atoms with Gasteiger partial charge in [0.2, 0.25) is 0 Å². The van der Waals surface area contributed by atoms with Gasteiger partial charge in [0, 0.05) is 12.8 Å². The maximum Gasteiger partial charge on any atom is 0.308 e. The lowest BCUT2D eigenvalue weighted by atomic mass is 9.95. The van der Waals surface area contributed by atoms with Crippen LogP contribution in [0.2, 0.25) is 0 Å². The summed E-state index contributed by atoms with van der Waals surface area (Å²) < 4.78 is 5.17. The van der Waals surface area contributed by atoms with Crippen molar-refractivity contribution < 1.29 is 9.53 Å². The van der Waals surface area contributed by atoms with Gasteiger partial charge in [0.05, 0.1) is 0 Å². The van der Waals surface area contributed by atoms with Crippen molar-refractivity contribution in [2.24, 2.45) is 5.92 Å². The van der Waals surface area contributed by atoms with Gasteiger partial charge in [-0.05, 0) is 42.5 Å². The molecule has 1 radical (unpaired) electrons. The summed E-state index contributed by atoms with van der Waals surface area (Å²) >= 11 is 0. The molecule has 0 amide bonds. The summed E-state index contributed by atoms with van der Waals surface area (Å²) in [6.07, 6.45) is 2.73. The molecule has 0 aliphatic carbocycles. The van der Waals surface area contributed by atoms with Gasteiger partial charge in [0.15, 0.2) is 0 Å². The Morgan fingerprint density at radius 2 is 2.06 bits per heavy atom. The summed E-state index contributed by atoms with van der Waals surface area (Å²) in [6.45, 7) is 13.5. The molecule has 2 nitrogen and oxygen atoms in total. The molecule has 0 fully saturated rings. The van der Waals surface area contributed by atoms with Crippen LogP contribution < -0.4 is 4.74 Å². The zero-order valence-corrected chi connectivity index (χ0v) is 11.4. The van der Waals surface area contributed by atoms with E-state index < -0.39 is 0 Å². The molecule has 1 aromatic carbocycles. The van der Waals surface area contributed by atoms with E-state index in [1.807, 2.05) is 12.1 Å². The number of esters is 1. The smallest absolute Gasteiger partial charge is 0.308 e. The number of hydrogen-bond acceptors (Lipinski definition) is 2. The van der Waals surface area contributed by atoms with Crippen LogP contribution in [0.4, 0.5) is 0 Å². The maximum atomic E-state index is 11.0. The molecule has 18 heavy (non-hydrogen) atoms. The SMILES string of the molecule is [CH2]C(C=C)c1cc(CC(C)C)cc(OC(C)=O)c1. The fourth-order valence-corrected chi connectivity index (χ4v) is 1.85. The zero-order valence-electron chi connectivity index (χ0n) is 11.4. The van der Waals surface area contributed by atoms with Crippen molar-refractivity contribution in [3.63, 3.8) is 0 Å². The van der Waals surface area contributed by atoms with E-state index in [-0.39, 0.29) is 11.9 Å². The summed E-state index contributed by atoms with van der Waals surface area (Å²) in [7, 11) is 0. The third-order valence-electron chi connectivity index (χ3n) is 2.61. The highest BCUT2D eigenvalue weighted by atomic mass is 16.5. The van der Waals surface area contributed by atoms with Gasteiger partial charge in [-0.2, -0.15) is 0 Å². The summed E-state index contributed by atoms with van der Waals surface area (Å²) in [5.74, 6) is 0.844. The quantitative estimate of drug-likeness (QED) is 0.446. The van der Waals surface area contributed by atoms with Crippen LogP contribution in [0.1, 0.15) is 37.8 Å². The minimum Gasteiger partial charge on any atom is -0.427 e. The normalized spacial score (nSPS) is 12.3. The molecule has 97 valence electrons. The highest BCUT2D eigenvalue weighted by Crippen LogP contribution is 2.25. The number of carbonyl (C=O) groups is 1. The van der Waals surface area contributed by atoms with Crippen LogP contribution in [-0.2, 0) is 11.2 Å². The van der Waals surface area contributed by atoms with Crippen molar-refractivity contribution in [3.8, 4) is 5.75 Å². The molecule has 0 saturated heterocycles. The van der Waals surface area contributed by atoms with Gasteiger partial charge in [-0.1, -0.05) is 26.0 Å². The molecule has 0 N–H and O–H groups in total. The largest absolute Gasteiger partial charge is 0.427 e. The monoisotopic (exact) mass is 245 g/mol. The Labute approximate surface area is 110 Å². The minimum atomic E-state index is -0.304. The van der Waals surface area contributed by atoms with Gasteiger partial charge in [-0.15, -0.1) is 6.58 Å². The summed E-state index contributed by atoms with van der Waals surface area (Å²) in [5, 5.41) is 0. The Hall–Kier alpha value is -1.57. The van der Waals surface area contributed by atoms with Gasteiger partial charge < -0.3 is 4.74 Å². The molecule has 0 spiro atoms. The summed E-state index contributed by atoms with van der Waals surface area (Å²) in [5.41, 5.74) is 2.19. The van der Waals surface area contributed by atoms with E-state index in [0.717, 1.165) is 17.5 Å². The minimum absolute atomic E-state index is 0.00594. The fraction of sp³-hybridized carbons (Fsp3) is 0.375. The van der Waals surface area contributed by atoms with Crippen molar-refractivity contribution in [2.45, 2.75) is 33.1 Å². The van der Waals surface area contributed by atoms with Crippen LogP contribution in [0, 0.1) is 12.8 Å². The predicted octanol–water partition coefficient (Wildman–Crippen LogP) is 3.91. The lowest BCUT2D eigenvalue weighted by Crippen LogP contribution is -2.04. The second kappa shape index (κ2) is 6.39. The lowest BCUT2D eigenvalue weighted by Gasteiger charge is -2.13. The third kappa shape index (κ3) is 4.36. The van der Waals surface area contributed by atoms with E-state index in [9.17, 15) is 4.79 Å². The number of carbonyl (C=O) groups excluding carboxylic acids is 1.